The van der Waals surface area contributed by atoms with E-state index in [0.29, 0.717) is 6.04 Å². The fourth-order valence-corrected chi connectivity index (χ4v) is 3.14. The first kappa shape index (κ1) is 13.8. The Morgan fingerprint density at radius 3 is 2.67 bits per heavy atom. The van der Waals surface area contributed by atoms with Crippen molar-refractivity contribution in [3.8, 4) is 0 Å². The maximum absolute atomic E-state index is 9.59. The highest BCUT2D eigenvalue weighted by atomic mass is 79.9. The molecule has 4 heteroatoms. The summed E-state index contributed by atoms with van der Waals surface area (Å²) < 4.78 is 1.07. The Balaban J connectivity index is 2.23. The van der Waals surface area contributed by atoms with Crippen LogP contribution in [0.25, 0.3) is 0 Å². The van der Waals surface area contributed by atoms with Crippen molar-refractivity contribution < 1.29 is 5.11 Å². The second-order valence-electron chi connectivity index (χ2n) is 5.19. The van der Waals surface area contributed by atoms with Gasteiger partial charge in [-0.3, -0.25) is 0 Å². The van der Waals surface area contributed by atoms with Gasteiger partial charge in [0.2, 0.25) is 0 Å². The highest BCUT2D eigenvalue weighted by molar-refractivity contribution is 9.10. The third kappa shape index (κ3) is 2.87. The number of halogens is 1. The van der Waals surface area contributed by atoms with Gasteiger partial charge in [0.25, 0.3) is 0 Å². The third-order valence-electron chi connectivity index (χ3n) is 3.59. The molecule has 0 aliphatic carbocycles. The van der Waals surface area contributed by atoms with E-state index in [4.69, 9.17) is 0 Å². The van der Waals surface area contributed by atoms with Gasteiger partial charge in [-0.05, 0) is 54.5 Å². The minimum Gasteiger partial charge on any atom is -0.389 e. The summed E-state index contributed by atoms with van der Waals surface area (Å²) in [5.74, 6) is 0. The van der Waals surface area contributed by atoms with Crippen molar-refractivity contribution in [2.75, 3.05) is 31.6 Å². The molecule has 0 radical (unpaired) electrons. The molecule has 2 unspecified atom stereocenters. The Morgan fingerprint density at radius 2 is 2.11 bits per heavy atom. The number of piperazine rings is 1. The molecule has 1 heterocycles. The summed E-state index contributed by atoms with van der Waals surface area (Å²) in [6.07, 6.45) is -0.416. The molecular weight excluding hydrogens is 292 g/mol. The molecule has 0 amide bonds. The van der Waals surface area contributed by atoms with Crippen LogP contribution in [0.1, 0.15) is 25.5 Å². The van der Waals surface area contributed by atoms with Crippen molar-refractivity contribution in [3.63, 3.8) is 0 Å². The monoisotopic (exact) mass is 312 g/mol. The van der Waals surface area contributed by atoms with Crippen LogP contribution in [0.3, 0.4) is 0 Å². The minimum absolute atomic E-state index is 0.416. The molecule has 0 spiro atoms. The maximum Gasteiger partial charge on any atom is 0.0762 e. The Bertz CT molecular complexity index is 422. The first-order chi connectivity index (χ1) is 8.49. The summed E-state index contributed by atoms with van der Waals surface area (Å²) in [6, 6.07) is 6.65. The lowest BCUT2D eigenvalue weighted by molar-refractivity contribution is 0.199. The summed E-state index contributed by atoms with van der Waals surface area (Å²) >= 11 is 3.63. The van der Waals surface area contributed by atoms with Crippen molar-refractivity contribution >= 4 is 21.6 Å². The molecule has 0 bridgehead atoms. The molecule has 1 fully saturated rings. The number of hydrogen-bond acceptors (Lipinski definition) is 3. The van der Waals surface area contributed by atoms with Gasteiger partial charge in [-0.1, -0.05) is 6.07 Å². The number of aliphatic hydroxyl groups excluding tert-OH is 1. The van der Waals surface area contributed by atoms with Crippen LogP contribution in [0.15, 0.2) is 22.7 Å². The van der Waals surface area contributed by atoms with Crippen LogP contribution in [0.4, 0.5) is 5.69 Å². The second kappa shape index (κ2) is 5.59. The molecule has 18 heavy (non-hydrogen) atoms. The van der Waals surface area contributed by atoms with Gasteiger partial charge in [0.1, 0.15) is 0 Å². The zero-order chi connectivity index (χ0) is 13.3. The summed E-state index contributed by atoms with van der Waals surface area (Å²) in [7, 11) is 2.17. The number of likely N-dealkylation sites (N-methyl/N-ethyl adjacent to an activating group) is 1. The standard InChI is InChI=1S/C14H21BrN2O/c1-10-9-16(3)6-7-17(10)14-5-4-12(11(2)18)8-13(14)15/h4-5,8,10-11,18H,6-7,9H2,1-3H3. The fourth-order valence-electron chi connectivity index (χ4n) is 2.51. The summed E-state index contributed by atoms with van der Waals surface area (Å²) in [6.45, 7) is 7.27. The molecule has 1 aromatic carbocycles. The van der Waals surface area contributed by atoms with Crippen molar-refractivity contribution in [2.24, 2.45) is 0 Å². The van der Waals surface area contributed by atoms with E-state index in [1.165, 1.54) is 5.69 Å². The smallest absolute Gasteiger partial charge is 0.0762 e. The second-order valence-corrected chi connectivity index (χ2v) is 6.05. The maximum atomic E-state index is 9.59. The molecule has 1 aromatic rings. The number of nitrogens with zero attached hydrogens (tertiary/aromatic N) is 2. The average Bonchev–Trinajstić information content (AvgIpc) is 2.30. The fraction of sp³-hybridized carbons (Fsp3) is 0.571. The quantitative estimate of drug-likeness (QED) is 0.909. The topological polar surface area (TPSA) is 26.7 Å². The summed E-state index contributed by atoms with van der Waals surface area (Å²) in [5.41, 5.74) is 2.17. The molecule has 2 rings (SSSR count). The van der Waals surface area contributed by atoms with Crippen molar-refractivity contribution in [2.45, 2.75) is 26.0 Å². The Morgan fingerprint density at radius 1 is 1.39 bits per heavy atom. The third-order valence-corrected chi connectivity index (χ3v) is 4.23. The summed E-state index contributed by atoms with van der Waals surface area (Å²) in [5, 5.41) is 9.59. The highest BCUT2D eigenvalue weighted by Crippen LogP contribution is 2.31. The van der Waals surface area contributed by atoms with Crippen LogP contribution in [-0.4, -0.2) is 42.7 Å². The first-order valence-electron chi connectivity index (χ1n) is 6.41. The van der Waals surface area contributed by atoms with Crippen LogP contribution in [0.2, 0.25) is 0 Å². The van der Waals surface area contributed by atoms with Gasteiger partial charge in [0, 0.05) is 30.1 Å². The van der Waals surface area contributed by atoms with Crippen LogP contribution in [0, 0.1) is 0 Å². The van der Waals surface area contributed by atoms with Gasteiger partial charge in [-0.15, -0.1) is 0 Å². The van der Waals surface area contributed by atoms with E-state index in [1.807, 2.05) is 12.1 Å². The van der Waals surface area contributed by atoms with E-state index in [0.717, 1.165) is 29.7 Å². The summed E-state index contributed by atoms with van der Waals surface area (Å²) in [4.78, 5) is 4.79. The Hall–Kier alpha value is -0.580. The minimum atomic E-state index is -0.416. The van der Waals surface area contributed by atoms with Crippen molar-refractivity contribution in [1.29, 1.82) is 0 Å². The van der Waals surface area contributed by atoms with Crippen molar-refractivity contribution in [3.05, 3.63) is 28.2 Å². The molecule has 0 saturated carbocycles. The Labute approximate surface area is 118 Å². The van der Waals surface area contributed by atoms with Gasteiger partial charge in [0.05, 0.1) is 11.8 Å². The molecule has 1 N–H and O–H groups in total. The molecule has 1 aliphatic heterocycles. The van der Waals surface area contributed by atoms with Gasteiger partial charge in [-0.2, -0.15) is 0 Å². The number of aliphatic hydroxyl groups is 1. The lowest BCUT2D eigenvalue weighted by atomic mass is 10.1. The molecule has 100 valence electrons. The van der Waals surface area contributed by atoms with E-state index in [2.05, 4.69) is 45.8 Å². The molecule has 3 nitrogen and oxygen atoms in total. The van der Waals surface area contributed by atoms with E-state index < -0.39 is 6.10 Å². The first-order valence-corrected chi connectivity index (χ1v) is 7.21. The molecule has 1 aliphatic rings. The number of hydrogen-bond donors (Lipinski definition) is 1. The van der Waals surface area contributed by atoms with E-state index in [9.17, 15) is 5.11 Å². The zero-order valence-electron chi connectivity index (χ0n) is 11.2. The average molecular weight is 313 g/mol. The van der Waals surface area contributed by atoms with Gasteiger partial charge in [0.15, 0.2) is 0 Å². The number of benzene rings is 1. The zero-order valence-corrected chi connectivity index (χ0v) is 12.8. The van der Waals surface area contributed by atoms with E-state index in [1.54, 1.807) is 6.92 Å². The van der Waals surface area contributed by atoms with E-state index >= 15 is 0 Å². The largest absolute Gasteiger partial charge is 0.389 e. The molecular formula is C14H21BrN2O. The predicted octanol–water partition coefficient (Wildman–Crippen LogP) is 2.64. The van der Waals surface area contributed by atoms with Gasteiger partial charge < -0.3 is 14.9 Å². The SMILES string of the molecule is CC(O)c1ccc(N2CCN(C)CC2C)c(Br)c1. The number of rotatable bonds is 2. The van der Waals surface area contributed by atoms with Crippen LogP contribution < -0.4 is 4.90 Å². The lowest BCUT2D eigenvalue weighted by Crippen LogP contribution is -2.50. The lowest BCUT2D eigenvalue weighted by Gasteiger charge is -2.40. The molecule has 2 atom stereocenters. The highest BCUT2D eigenvalue weighted by Gasteiger charge is 2.23. The van der Waals surface area contributed by atoms with Crippen LogP contribution in [-0.2, 0) is 0 Å². The van der Waals surface area contributed by atoms with Crippen LogP contribution in [0.5, 0.6) is 0 Å². The van der Waals surface area contributed by atoms with Crippen molar-refractivity contribution in [1.82, 2.24) is 4.90 Å². The molecule has 1 saturated heterocycles. The normalized spacial score (nSPS) is 23.2. The predicted molar refractivity (Wildman–Crippen MR) is 79.1 cm³/mol. The number of anilines is 1. The Kier molecular flexibility index (Phi) is 4.30. The van der Waals surface area contributed by atoms with Gasteiger partial charge >= 0.3 is 0 Å². The molecule has 0 aromatic heterocycles. The van der Waals surface area contributed by atoms with E-state index in [-0.39, 0.29) is 0 Å². The van der Waals surface area contributed by atoms with Gasteiger partial charge in [-0.25, -0.2) is 0 Å². The van der Waals surface area contributed by atoms with Crippen LogP contribution >= 0.6 is 15.9 Å².